The number of ether oxygens (including phenoxy) is 2. The van der Waals surface area contributed by atoms with Gasteiger partial charge in [-0.1, -0.05) is 26.8 Å². The molecule has 1 aromatic carbocycles. The van der Waals surface area contributed by atoms with Gasteiger partial charge in [-0.25, -0.2) is 0 Å². The standard InChI is InChI=1S/C19H28N2O4/c1-19(2,3)18(23)21-11-7-10-20(12-13-21)17(22)16-14(24-4)8-6-9-15(16)25-5/h6,8-9H,7,10-13H2,1-5H3. The molecular formula is C19H28N2O4. The van der Waals surface area contributed by atoms with Crippen LogP contribution in [0.5, 0.6) is 11.5 Å². The zero-order chi connectivity index (χ0) is 18.6. The molecule has 0 bridgehead atoms. The van der Waals surface area contributed by atoms with E-state index in [1.54, 1.807) is 23.1 Å². The van der Waals surface area contributed by atoms with Gasteiger partial charge in [-0.15, -0.1) is 0 Å². The lowest BCUT2D eigenvalue weighted by Crippen LogP contribution is -2.42. The summed E-state index contributed by atoms with van der Waals surface area (Å²) < 4.78 is 10.7. The van der Waals surface area contributed by atoms with Gasteiger partial charge in [-0.3, -0.25) is 9.59 Å². The Bertz CT molecular complexity index is 615. The van der Waals surface area contributed by atoms with Crippen molar-refractivity contribution in [3.63, 3.8) is 0 Å². The fraction of sp³-hybridized carbons (Fsp3) is 0.579. The molecule has 0 unspecified atom stereocenters. The van der Waals surface area contributed by atoms with Crippen molar-refractivity contribution < 1.29 is 19.1 Å². The maximum Gasteiger partial charge on any atom is 0.261 e. The average Bonchev–Trinajstić information content (AvgIpc) is 2.84. The molecule has 6 heteroatoms. The molecule has 0 radical (unpaired) electrons. The van der Waals surface area contributed by atoms with Crippen molar-refractivity contribution in [3.8, 4) is 11.5 Å². The fourth-order valence-corrected chi connectivity index (χ4v) is 3.02. The number of rotatable bonds is 3. The van der Waals surface area contributed by atoms with Crippen LogP contribution >= 0.6 is 0 Å². The maximum atomic E-state index is 13.0. The molecule has 1 aromatic rings. The minimum atomic E-state index is -0.412. The third kappa shape index (κ3) is 4.24. The average molecular weight is 348 g/mol. The van der Waals surface area contributed by atoms with E-state index in [0.717, 1.165) is 6.42 Å². The smallest absolute Gasteiger partial charge is 0.261 e. The van der Waals surface area contributed by atoms with Crippen molar-refractivity contribution in [2.24, 2.45) is 5.41 Å². The normalized spacial score (nSPS) is 15.6. The van der Waals surface area contributed by atoms with Crippen LogP contribution in [0.2, 0.25) is 0 Å². The monoisotopic (exact) mass is 348 g/mol. The second kappa shape index (κ2) is 7.76. The topological polar surface area (TPSA) is 59.1 Å². The summed E-state index contributed by atoms with van der Waals surface area (Å²) >= 11 is 0. The summed E-state index contributed by atoms with van der Waals surface area (Å²) in [5.74, 6) is 0.989. The van der Waals surface area contributed by atoms with Crippen LogP contribution < -0.4 is 9.47 Å². The predicted molar refractivity (Wildman–Crippen MR) is 96.1 cm³/mol. The SMILES string of the molecule is COc1cccc(OC)c1C(=O)N1CCCN(C(=O)C(C)(C)C)CC1. The summed E-state index contributed by atoms with van der Waals surface area (Å²) in [6.45, 7) is 8.08. The van der Waals surface area contributed by atoms with Crippen molar-refractivity contribution in [1.29, 1.82) is 0 Å². The molecule has 1 heterocycles. The van der Waals surface area contributed by atoms with Gasteiger partial charge >= 0.3 is 0 Å². The van der Waals surface area contributed by atoms with Gasteiger partial charge < -0.3 is 19.3 Å². The molecule has 0 aromatic heterocycles. The fourth-order valence-electron chi connectivity index (χ4n) is 3.02. The van der Waals surface area contributed by atoms with E-state index >= 15 is 0 Å². The van der Waals surface area contributed by atoms with Gasteiger partial charge in [0.2, 0.25) is 5.91 Å². The first-order valence-corrected chi connectivity index (χ1v) is 8.59. The summed E-state index contributed by atoms with van der Waals surface area (Å²) in [7, 11) is 3.08. The van der Waals surface area contributed by atoms with Crippen molar-refractivity contribution in [2.75, 3.05) is 40.4 Å². The van der Waals surface area contributed by atoms with E-state index in [2.05, 4.69) is 0 Å². The second-order valence-corrected chi connectivity index (χ2v) is 7.23. The summed E-state index contributed by atoms with van der Waals surface area (Å²) in [4.78, 5) is 29.2. The number of hydrogen-bond donors (Lipinski definition) is 0. The number of amides is 2. The minimum absolute atomic E-state index is 0.122. The van der Waals surface area contributed by atoms with Crippen molar-refractivity contribution in [2.45, 2.75) is 27.2 Å². The Kier molecular flexibility index (Phi) is 5.93. The van der Waals surface area contributed by atoms with Gasteiger partial charge in [0, 0.05) is 31.6 Å². The lowest BCUT2D eigenvalue weighted by molar-refractivity contribution is -0.139. The van der Waals surface area contributed by atoms with Gasteiger partial charge in [0.15, 0.2) is 0 Å². The zero-order valence-electron chi connectivity index (χ0n) is 15.8. The Morgan fingerprint density at radius 3 is 1.96 bits per heavy atom. The number of carbonyl (C=O) groups excluding carboxylic acids is 2. The lowest BCUT2D eigenvalue weighted by Gasteiger charge is -2.28. The van der Waals surface area contributed by atoms with Gasteiger partial charge in [0.25, 0.3) is 5.91 Å². The van der Waals surface area contributed by atoms with Gasteiger partial charge in [-0.2, -0.15) is 0 Å². The van der Waals surface area contributed by atoms with Crippen LogP contribution in [0.4, 0.5) is 0 Å². The molecule has 25 heavy (non-hydrogen) atoms. The zero-order valence-corrected chi connectivity index (χ0v) is 15.8. The number of methoxy groups -OCH3 is 2. The number of benzene rings is 1. The molecule has 6 nitrogen and oxygen atoms in total. The van der Waals surface area contributed by atoms with Crippen LogP contribution in [0, 0.1) is 5.41 Å². The Hall–Kier alpha value is -2.24. The van der Waals surface area contributed by atoms with Crippen LogP contribution in [0.15, 0.2) is 18.2 Å². The summed E-state index contributed by atoms with van der Waals surface area (Å²) in [6, 6.07) is 5.30. The molecule has 1 fully saturated rings. The quantitative estimate of drug-likeness (QED) is 0.842. The third-order valence-electron chi connectivity index (χ3n) is 4.35. The van der Waals surface area contributed by atoms with E-state index in [9.17, 15) is 9.59 Å². The molecule has 2 rings (SSSR count). The van der Waals surface area contributed by atoms with E-state index < -0.39 is 5.41 Å². The number of nitrogens with zero attached hydrogens (tertiary/aromatic N) is 2. The first kappa shape index (κ1) is 19.1. The molecule has 0 atom stereocenters. The molecule has 1 saturated heterocycles. The first-order chi connectivity index (χ1) is 11.8. The summed E-state index contributed by atoms with van der Waals surface area (Å²) in [5, 5.41) is 0. The summed E-state index contributed by atoms with van der Waals surface area (Å²) in [6.07, 6.45) is 0.755. The molecule has 0 saturated carbocycles. The molecule has 0 N–H and O–H groups in total. The summed E-state index contributed by atoms with van der Waals surface area (Å²) in [5.41, 5.74) is 0.0218. The maximum absolute atomic E-state index is 13.0. The van der Waals surface area contributed by atoms with Crippen LogP contribution in [-0.4, -0.2) is 62.0 Å². The molecule has 0 spiro atoms. The molecular weight excluding hydrogens is 320 g/mol. The molecule has 1 aliphatic rings. The van der Waals surface area contributed by atoms with E-state index in [1.165, 1.54) is 14.2 Å². The van der Waals surface area contributed by atoms with E-state index in [1.807, 2.05) is 25.7 Å². The van der Waals surface area contributed by atoms with Crippen molar-refractivity contribution in [1.82, 2.24) is 9.80 Å². The van der Waals surface area contributed by atoms with E-state index in [0.29, 0.717) is 43.2 Å². The molecule has 1 aliphatic heterocycles. The third-order valence-corrected chi connectivity index (χ3v) is 4.35. The predicted octanol–water partition coefficient (Wildman–Crippen LogP) is 2.42. The van der Waals surface area contributed by atoms with E-state index in [-0.39, 0.29) is 11.8 Å². The highest BCUT2D eigenvalue weighted by molar-refractivity contribution is 5.99. The Morgan fingerprint density at radius 2 is 1.44 bits per heavy atom. The molecule has 0 aliphatic carbocycles. The van der Waals surface area contributed by atoms with Crippen LogP contribution in [0.3, 0.4) is 0 Å². The van der Waals surface area contributed by atoms with Gasteiger partial charge in [-0.05, 0) is 18.6 Å². The number of hydrogen-bond acceptors (Lipinski definition) is 4. The first-order valence-electron chi connectivity index (χ1n) is 8.59. The lowest BCUT2D eigenvalue weighted by atomic mass is 9.94. The Morgan fingerprint density at radius 1 is 0.920 bits per heavy atom. The van der Waals surface area contributed by atoms with Gasteiger partial charge in [0.05, 0.1) is 14.2 Å². The Labute approximate surface area is 149 Å². The largest absolute Gasteiger partial charge is 0.496 e. The van der Waals surface area contributed by atoms with Crippen molar-refractivity contribution >= 4 is 11.8 Å². The Balaban J connectivity index is 2.18. The highest BCUT2D eigenvalue weighted by Crippen LogP contribution is 2.30. The van der Waals surface area contributed by atoms with Crippen molar-refractivity contribution in [3.05, 3.63) is 23.8 Å². The van der Waals surface area contributed by atoms with E-state index in [4.69, 9.17) is 9.47 Å². The van der Waals surface area contributed by atoms with Crippen LogP contribution in [0.25, 0.3) is 0 Å². The number of carbonyl (C=O) groups is 2. The highest BCUT2D eigenvalue weighted by atomic mass is 16.5. The van der Waals surface area contributed by atoms with Crippen LogP contribution in [0.1, 0.15) is 37.6 Å². The van der Waals surface area contributed by atoms with Crippen LogP contribution in [-0.2, 0) is 4.79 Å². The van der Waals surface area contributed by atoms with Gasteiger partial charge in [0.1, 0.15) is 17.1 Å². The second-order valence-electron chi connectivity index (χ2n) is 7.23. The highest BCUT2D eigenvalue weighted by Gasteiger charge is 2.31. The molecule has 138 valence electrons. The minimum Gasteiger partial charge on any atom is -0.496 e. The molecule has 2 amide bonds.